The number of amides is 1. The van der Waals surface area contributed by atoms with Crippen molar-refractivity contribution in [2.45, 2.75) is 25.1 Å². The highest BCUT2D eigenvalue weighted by molar-refractivity contribution is 6.09. The van der Waals surface area contributed by atoms with Gasteiger partial charge >= 0.3 is 12.1 Å². The summed E-state index contributed by atoms with van der Waals surface area (Å²) in [6.45, 7) is 1.52. The van der Waals surface area contributed by atoms with E-state index in [9.17, 15) is 22.8 Å². The molecule has 2 aliphatic rings. The quantitative estimate of drug-likeness (QED) is 0.786. The van der Waals surface area contributed by atoms with Crippen LogP contribution in [0, 0.1) is 0 Å². The predicted molar refractivity (Wildman–Crippen MR) is 58.2 cm³/mol. The molecule has 1 amide bonds. The SMILES string of the molecule is CC1=CN2C(=NC(=O)CC2(C(=O)O)C(F)(F)F)C=C1. The first kappa shape index (κ1) is 13.3. The Hall–Kier alpha value is -2.12. The Labute approximate surface area is 105 Å². The molecule has 2 aliphatic heterocycles. The molecular weight excluding hydrogens is 265 g/mol. The summed E-state index contributed by atoms with van der Waals surface area (Å²) in [6, 6.07) is 0. The van der Waals surface area contributed by atoms with Gasteiger partial charge in [-0.05, 0) is 18.6 Å². The fraction of sp³-hybridized carbons (Fsp3) is 0.364. The highest BCUT2D eigenvalue weighted by atomic mass is 19.4. The molecule has 0 saturated heterocycles. The molecule has 19 heavy (non-hydrogen) atoms. The second kappa shape index (κ2) is 3.94. The minimum absolute atomic E-state index is 0.318. The van der Waals surface area contributed by atoms with Crippen molar-refractivity contribution in [1.82, 2.24) is 4.90 Å². The second-order valence-corrected chi connectivity index (χ2v) is 4.28. The van der Waals surface area contributed by atoms with E-state index in [0.717, 1.165) is 6.20 Å². The number of hydrogen-bond acceptors (Lipinski definition) is 3. The van der Waals surface area contributed by atoms with Gasteiger partial charge in [-0.1, -0.05) is 6.08 Å². The van der Waals surface area contributed by atoms with Gasteiger partial charge in [0, 0.05) is 6.20 Å². The Balaban J connectivity index is 2.68. The molecular formula is C11H9F3N2O3. The molecule has 0 aromatic heterocycles. The maximum Gasteiger partial charge on any atom is 0.423 e. The Bertz CT molecular complexity index is 548. The van der Waals surface area contributed by atoms with Crippen LogP contribution in [0.3, 0.4) is 0 Å². The molecule has 0 spiro atoms. The Morgan fingerprint density at radius 3 is 2.63 bits per heavy atom. The van der Waals surface area contributed by atoms with Crippen LogP contribution in [-0.4, -0.2) is 39.4 Å². The zero-order chi connectivity index (χ0) is 14.4. The van der Waals surface area contributed by atoms with E-state index in [1.807, 2.05) is 0 Å². The molecule has 0 aliphatic carbocycles. The van der Waals surface area contributed by atoms with E-state index in [0.29, 0.717) is 10.5 Å². The number of amidine groups is 1. The van der Waals surface area contributed by atoms with E-state index < -0.39 is 30.0 Å². The number of carboxylic acids is 1. The fourth-order valence-corrected chi connectivity index (χ4v) is 2.00. The van der Waals surface area contributed by atoms with Crippen LogP contribution < -0.4 is 0 Å². The largest absolute Gasteiger partial charge is 0.479 e. The van der Waals surface area contributed by atoms with Gasteiger partial charge in [0.2, 0.25) is 5.54 Å². The van der Waals surface area contributed by atoms with Crippen molar-refractivity contribution in [1.29, 1.82) is 0 Å². The van der Waals surface area contributed by atoms with Crippen molar-refractivity contribution in [3.05, 3.63) is 23.9 Å². The van der Waals surface area contributed by atoms with Gasteiger partial charge in [0.15, 0.2) is 0 Å². The molecule has 102 valence electrons. The molecule has 0 fully saturated rings. The number of halogens is 3. The standard InChI is InChI=1S/C11H9F3N2O3/c1-6-2-3-7-15-8(17)4-10(9(18)19,11(12,13)14)16(7)5-6/h2-3,5H,4H2,1H3,(H,18,19). The maximum absolute atomic E-state index is 13.2. The summed E-state index contributed by atoms with van der Waals surface area (Å²) in [5.41, 5.74) is -2.86. The van der Waals surface area contributed by atoms with Crippen LogP contribution in [0.15, 0.2) is 28.9 Å². The summed E-state index contributed by atoms with van der Waals surface area (Å²) in [4.78, 5) is 26.5. The van der Waals surface area contributed by atoms with Crippen molar-refractivity contribution in [2.24, 2.45) is 4.99 Å². The minimum Gasteiger partial charge on any atom is -0.479 e. The van der Waals surface area contributed by atoms with Crippen LogP contribution in [0.25, 0.3) is 0 Å². The van der Waals surface area contributed by atoms with Crippen LogP contribution >= 0.6 is 0 Å². The summed E-state index contributed by atoms with van der Waals surface area (Å²) < 4.78 is 39.7. The van der Waals surface area contributed by atoms with E-state index in [4.69, 9.17) is 5.11 Å². The third-order valence-electron chi connectivity index (χ3n) is 2.96. The van der Waals surface area contributed by atoms with Crippen molar-refractivity contribution in [3.8, 4) is 0 Å². The molecule has 0 aromatic carbocycles. The van der Waals surface area contributed by atoms with Crippen LogP contribution in [0.1, 0.15) is 13.3 Å². The third kappa shape index (κ3) is 1.83. The smallest absolute Gasteiger partial charge is 0.423 e. The Morgan fingerprint density at radius 2 is 2.11 bits per heavy atom. The lowest BCUT2D eigenvalue weighted by molar-refractivity contribution is -0.226. The molecule has 1 atom stereocenters. The van der Waals surface area contributed by atoms with Crippen molar-refractivity contribution in [3.63, 3.8) is 0 Å². The molecule has 0 bridgehead atoms. The number of fused-ring (bicyclic) bond motifs is 1. The molecule has 8 heteroatoms. The van der Waals surface area contributed by atoms with Gasteiger partial charge < -0.3 is 10.0 Å². The van der Waals surface area contributed by atoms with Gasteiger partial charge in [0.05, 0.1) is 6.42 Å². The summed E-state index contributed by atoms with van der Waals surface area (Å²) in [5, 5.41) is 9.05. The topological polar surface area (TPSA) is 70.0 Å². The maximum atomic E-state index is 13.2. The number of aliphatic imine (C=N–C) groups is 1. The lowest BCUT2D eigenvalue weighted by Crippen LogP contribution is -2.66. The number of allylic oxidation sites excluding steroid dienone is 2. The number of rotatable bonds is 1. The zero-order valence-corrected chi connectivity index (χ0v) is 9.73. The highest BCUT2D eigenvalue weighted by Crippen LogP contribution is 2.42. The number of carboxylic acid groups (broad SMARTS) is 1. The molecule has 2 rings (SSSR count). The van der Waals surface area contributed by atoms with Gasteiger partial charge in [-0.2, -0.15) is 18.2 Å². The molecule has 5 nitrogen and oxygen atoms in total. The average molecular weight is 274 g/mol. The lowest BCUT2D eigenvalue weighted by atomic mass is 9.89. The van der Waals surface area contributed by atoms with Gasteiger partial charge in [0.1, 0.15) is 5.84 Å². The van der Waals surface area contributed by atoms with Crippen LogP contribution in [0.4, 0.5) is 13.2 Å². The number of carbonyl (C=O) groups excluding carboxylic acids is 1. The van der Waals surface area contributed by atoms with E-state index in [-0.39, 0.29) is 5.84 Å². The summed E-state index contributed by atoms with van der Waals surface area (Å²) >= 11 is 0. The number of carbonyl (C=O) groups is 2. The summed E-state index contributed by atoms with van der Waals surface area (Å²) in [5.74, 6) is -3.55. The third-order valence-corrected chi connectivity index (χ3v) is 2.96. The van der Waals surface area contributed by atoms with Gasteiger partial charge in [-0.25, -0.2) is 4.79 Å². The Kier molecular flexibility index (Phi) is 2.76. The Morgan fingerprint density at radius 1 is 1.47 bits per heavy atom. The molecule has 0 aromatic rings. The van der Waals surface area contributed by atoms with Gasteiger partial charge in [-0.3, -0.25) is 4.79 Å². The first-order valence-corrected chi connectivity index (χ1v) is 5.26. The molecule has 0 radical (unpaired) electrons. The molecule has 2 heterocycles. The van der Waals surface area contributed by atoms with Gasteiger partial charge in [-0.15, -0.1) is 0 Å². The average Bonchev–Trinajstić information content (AvgIpc) is 2.26. The monoisotopic (exact) mass is 274 g/mol. The molecule has 0 saturated carbocycles. The van der Waals surface area contributed by atoms with Crippen molar-refractivity contribution < 1.29 is 27.9 Å². The van der Waals surface area contributed by atoms with E-state index in [1.165, 1.54) is 19.1 Å². The number of hydrogen-bond donors (Lipinski definition) is 1. The fourth-order valence-electron chi connectivity index (χ4n) is 2.00. The first-order valence-electron chi connectivity index (χ1n) is 5.26. The second-order valence-electron chi connectivity index (χ2n) is 4.28. The molecule has 1 unspecified atom stereocenters. The number of aliphatic carboxylic acids is 1. The minimum atomic E-state index is -5.11. The van der Waals surface area contributed by atoms with Crippen molar-refractivity contribution >= 4 is 17.7 Å². The van der Waals surface area contributed by atoms with Crippen LogP contribution in [0.5, 0.6) is 0 Å². The molecule has 1 N–H and O–H groups in total. The highest BCUT2D eigenvalue weighted by Gasteiger charge is 2.67. The van der Waals surface area contributed by atoms with Gasteiger partial charge in [0.25, 0.3) is 5.91 Å². The summed E-state index contributed by atoms with van der Waals surface area (Å²) in [6.07, 6.45) is -2.68. The number of nitrogens with zero attached hydrogens (tertiary/aromatic N) is 2. The van der Waals surface area contributed by atoms with E-state index in [2.05, 4.69) is 4.99 Å². The van der Waals surface area contributed by atoms with Crippen LogP contribution in [-0.2, 0) is 9.59 Å². The normalized spacial score (nSPS) is 26.7. The lowest BCUT2D eigenvalue weighted by Gasteiger charge is -2.43. The summed E-state index contributed by atoms with van der Waals surface area (Å²) in [7, 11) is 0. The van der Waals surface area contributed by atoms with E-state index in [1.54, 1.807) is 0 Å². The zero-order valence-electron chi connectivity index (χ0n) is 9.73. The first-order chi connectivity index (χ1) is 8.68. The predicted octanol–water partition coefficient (Wildman–Crippen LogP) is 1.48. The number of alkyl halides is 3. The van der Waals surface area contributed by atoms with E-state index >= 15 is 0 Å². The van der Waals surface area contributed by atoms with Crippen LogP contribution in [0.2, 0.25) is 0 Å². The van der Waals surface area contributed by atoms with Crippen molar-refractivity contribution in [2.75, 3.05) is 0 Å².